The lowest BCUT2D eigenvalue weighted by Crippen LogP contribution is -2.31. The molecule has 1 atom stereocenters. The summed E-state index contributed by atoms with van der Waals surface area (Å²) in [5.41, 5.74) is 0. The topological polar surface area (TPSA) is 12.5 Å². The molecule has 0 bridgehead atoms. The second-order valence-corrected chi connectivity index (χ2v) is 2.93. The summed E-state index contributed by atoms with van der Waals surface area (Å²) >= 11 is 0. The summed E-state index contributed by atoms with van der Waals surface area (Å²) in [5, 5.41) is 0. The van der Waals surface area contributed by atoms with E-state index in [9.17, 15) is 0 Å². The van der Waals surface area contributed by atoms with Crippen LogP contribution in [0.5, 0.6) is 0 Å². The van der Waals surface area contributed by atoms with Gasteiger partial charge in [-0.25, -0.2) is 0 Å². The van der Waals surface area contributed by atoms with Gasteiger partial charge in [0.1, 0.15) is 0 Å². The van der Waals surface area contributed by atoms with Crippen molar-refractivity contribution in [1.82, 2.24) is 4.90 Å². The monoisotopic (exact) mass is 159 g/mol. The Morgan fingerprint density at radius 1 is 1.36 bits per heavy atom. The van der Waals surface area contributed by atoms with E-state index in [1.165, 1.54) is 6.42 Å². The van der Waals surface area contributed by atoms with Gasteiger partial charge in [0, 0.05) is 19.2 Å². The third-order valence-corrected chi connectivity index (χ3v) is 2.14. The molecule has 0 heterocycles. The molecule has 0 N–H and O–H groups in total. The van der Waals surface area contributed by atoms with Gasteiger partial charge < -0.3 is 9.64 Å². The van der Waals surface area contributed by atoms with Crippen LogP contribution in [0.25, 0.3) is 0 Å². The van der Waals surface area contributed by atoms with Crippen molar-refractivity contribution in [2.24, 2.45) is 0 Å². The fourth-order valence-corrected chi connectivity index (χ4v) is 0.885. The first kappa shape index (κ1) is 10.9. The molecule has 0 aromatic heterocycles. The van der Waals surface area contributed by atoms with Crippen molar-refractivity contribution in [1.29, 1.82) is 0 Å². The van der Waals surface area contributed by atoms with Crippen LogP contribution in [0.2, 0.25) is 0 Å². The minimum absolute atomic E-state index is 0.676. The van der Waals surface area contributed by atoms with Crippen LogP contribution in [0.1, 0.15) is 27.2 Å². The van der Waals surface area contributed by atoms with Crippen LogP contribution in [0, 0.1) is 0 Å². The van der Waals surface area contributed by atoms with Crippen molar-refractivity contribution in [2.75, 3.05) is 26.8 Å². The molecule has 0 aromatic carbocycles. The summed E-state index contributed by atoms with van der Waals surface area (Å²) in [4.78, 5) is 2.33. The number of rotatable bonds is 6. The van der Waals surface area contributed by atoms with Gasteiger partial charge in [0.25, 0.3) is 0 Å². The Bertz CT molecular complexity index is 85.6. The van der Waals surface area contributed by atoms with Crippen LogP contribution in [0.4, 0.5) is 0 Å². The first-order valence-electron chi connectivity index (χ1n) is 4.50. The van der Waals surface area contributed by atoms with Crippen LogP contribution >= 0.6 is 0 Å². The van der Waals surface area contributed by atoms with Gasteiger partial charge in [0.2, 0.25) is 0 Å². The molecule has 0 aliphatic rings. The van der Waals surface area contributed by atoms with Gasteiger partial charge in [-0.05, 0) is 27.3 Å². The Morgan fingerprint density at radius 2 is 2.00 bits per heavy atom. The molecule has 68 valence electrons. The SMILES string of the molecule is CCOCCN(C)[C@H](C)CC. The van der Waals surface area contributed by atoms with E-state index in [-0.39, 0.29) is 0 Å². The Balaban J connectivity index is 3.28. The normalized spacial score (nSPS) is 13.9. The van der Waals surface area contributed by atoms with E-state index in [1.54, 1.807) is 0 Å². The predicted octanol–water partition coefficient (Wildman–Crippen LogP) is 1.75. The van der Waals surface area contributed by atoms with E-state index in [4.69, 9.17) is 4.74 Å². The molecule has 0 aliphatic carbocycles. The standard InChI is InChI=1S/C9H21NO/c1-5-9(3)10(4)7-8-11-6-2/h9H,5-8H2,1-4H3/t9-/m1/s1. The van der Waals surface area contributed by atoms with Gasteiger partial charge in [-0.3, -0.25) is 0 Å². The van der Waals surface area contributed by atoms with Gasteiger partial charge in [-0.1, -0.05) is 6.92 Å². The molecule has 0 spiro atoms. The molecule has 0 amide bonds. The molecule has 2 nitrogen and oxygen atoms in total. The molecular weight excluding hydrogens is 138 g/mol. The Hall–Kier alpha value is -0.0800. The van der Waals surface area contributed by atoms with Crippen molar-refractivity contribution >= 4 is 0 Å². The third kappa shape index (κ3) is 5.22. The maximum atomic E-state index is 5.26. The van der Waals surface area contributed by atoms with E-state index in [0.29, 0.717) is 6.04 Å². The van der Waals surface area contributed by atoms with E-state index in [1.807, 2.05) is 6.92 Å². The maximum Gasteiger partial charge on any atom is 0.0593 e. The smallest absolute Gasteiger partial charge is 0.0593 e. The van der Waals surface area contributed by atoms with Gasteiger partial charge >= 0.3 is 0 Å². The quantitative estimate of drug-likeness (QED) is 0.547. The van der Waals surface area contributed by atoms with Gasteiger partial charge in [-0.15, -0.1) is 0 Å². The zero-order valence-electron chi connectivity index (χ0n) is 8.26. The van der Waals surface area contributed by atoms with Crippen molar-refractivity contribution in [3.63, 3.8) is 0 Å². The van der Waals surface area contributed by atoms with Crippen LogP contribution in [-0.2, 0) is 4.74 Å². The molecule has 0 unspecified atom stereocenters. The molecular formula is C9H21NO. The summed E-state index contributed by atoms with van der Waals surface area (Å²) in [5.74, 6) is 0. The summed E-state index contributed by atoms with van der Waals surface area (Å²) in [6.07, 6.45) is 1.21. The van der Waals surface area contributed by atoms with Crippen molar-refractivity contribution in [3.8, 4) is 0 Å². The Morgan fingerprint density at radius 3 is 2.45 bits per heavy atom. The molecule has 11 heavy (non-hydrogen) atoms. The third-order valence-electron chi connectivity index (χ3n) is 2.14. The highest BCUT2D eigenvalue weighted by Crippen LogP contribution is 1.98. The van der Waals surface area contributed by atoms with Gasteiger partial charge in [-0.2, -0.15) is 0 Å². The van der Waals surface area contributed by atoms with Gasteiger partial charge in [0.05, 0.1) is 6.61 Å². The minimum atomic E-state index is 0.676. The first-order chi connectivity index (χ1) is 5.22. The van der Waals surface area contributed by atoms with E-state index in [2.05, 4.69) is 25.8 Å². The Kier molecular flexibility index (Phi) is 6.57. The van der Waals surface area contributed by atoms with Crippen molar-refractivity contribution in [3.05, 3.63) is 0 Å². The van der Waals surface area contributed by atoms with Crippen molar-refractivity contribution in [2.45, 2.75) is 33.2 Å². The lowest BCUT2D eigenvalue weighted by Gasteiger charge is -2.22. The average Bonchev–Trinajstić information content (AvgIpc) is 2.03. The van der Waals surface area contributed by atoms with Crippen LogP contribution in [0.15, 0.2) is 0 Å². The second-order valence-electron chi connectivity index (χ2n) is 2.93. The summed E-state index contributed by atoms with van der Waals surface area (Å²) in [6.45, 7) is 9.21. The zero-order valence-corrected chi connectivity index (χ0v) is 8.26. The summed E-state index contributed by atoms with van der Waals surface area (Å²) < 4.78 is 5.26. The van der Waals surface area contributed by atoms with Crippen LogP contribution in [0.3, 0.4) is 0 Å². The molecule has 0 fully saturated rings. The predicted molar refractivity (Wildman–Crippen MR) is 48.9 cm³/mol. The fraction of sp³-hybridized carbons (Fsp3) is 1.00. The highest BCUT2D eigenvalue weighted by molar-refractivity contribution is 4.59. The highest BCUT2D eigenvalue weighted by atomic mass is 16.5. The largest absolute Gasteiger partial charge is 0.380 e. The van der Waals surface area contributed by atoms with Crippen LogP contribution in [-0.4, -0.2) is 37.7 Å². The van der Waals surface area contributed by atoms with Gasteiger partial charge in [0.15, 0.2) is 0 Å². The van der Waals surface area contributed by atoms with E-state index >= 15 is 0 Å². The number of hydrogen-bond acceptors (Lipinski definition) is 2. The lowest BCUT2D eigenvalue weighted by atomic mass is 10.2. The lowest BCUT2D eigenvalue weighted by molar-refractivity contribution is 0.109. The summed E-state index contributed by atoms with van der Waals surface area (Å²) in [7, 11) is 2.15. The zero-order chi connectivity index (χ0) is 8.69. The van der Waals surface area contributed by atoms with Crippen molar-refractivity contribution < 1.29 is 4.74 Å². The van der Waals surface area contributed by atoms with E-state index < -0.39 is 0 Å². The molecule has 2 heteroatoms. The number of nitrogens with zero attached hydrogens (tertiary/aromatic N) is 1. The molecule has 0 radical (unpaired) electrons. The minimum Gasteiger partial charge on any atom is -0.380 e. The van der Waals surface area contributed by atoms with E-state index in [0.717, 1.165) is 19.8 Å². The average molecular weight is 159 g/mol. The number of ether oxygens (including phenoxy) is 1. The summed E-state index contributed by atoms with van der Waals surface area (Å²) in [6, 6.07) is 0.676. The molecule has 0 aromatic rings. The molecule has 0 saturated heterocycles. The van der Waals surface area contributed by atoms with Crippen LogP contribution < -0.4 is 0 Å². The molecule has 0 aliphatic heterocycles. The molecule has 0 rings (SSSR count). The highest BCUT2D eigenvalue weighted by Gasteiger charge is 2.04. The Labute approximate surface area is 70.5 Å². The fourth-order valence-electron chi connectivity index (χ4n) is 0.885. The number of hydrogen-bond donors (Lipinski definition) is 0. The molecule has 0 saturated carbocycles. The number of likely N-dealkylation sites (N-methyl/N-ethyl adjacent to an activating group) is 1. The maximum absolute atomic E-state index is 5.26. The second kappa shape index (κ2) is 6.62. The first-order valence-corrected chi connectivity index (χ1v) is 4.50.